The van der Waals surface area contributed by atoms with Crippen molar-refractivity contribution in [3.63, 3.8) is 0 Å². The first-order valence-corrected chi connectivity index (χ1v) is 7.87. The predicted octanol–water partition coefficient (Wildman–Crippen LogP) is 4.33. The summed E-state index contributed by atoms with van der Waals surface area (Å²) >= 11 is 1.58. The van der Waals surface area contributed by atoms with Gasteiger partial charge in [0.05, 0.1) is 17.3 Å². The summed E-state index contributed by atoms with van der Waals surface area (Å²) < 4.78 is 6.27. The van der Waals surface area contributed by atoms with E-state index in [0.717, 1.165) is 26.5 Å². The van der Waals surface area contributed by atoms with Crippen molar-refractivity contribution in [1.29, 1.82) is 0 Å². The molecule has 120 valence electrons. The van der Waals surface area contributed by atoms with Crippen molar-refractivity contribution >= 4 is 39.5 Å². The molecule has 2 heterocycles. The maximum absolute atomic E-state index is 10.5. The van der Waals surface area contributed by atoms with Crippen LogP contribution in [-0.4, -0.2) is 22.0 Å². The van der Waals surface area contributed by atoms with Gasteiger partial charge in [-0.25, -0.2) is 4.98 Å². The Bertz CT molecular complexity index is 930. The van der Waals surface area contributed by atoms with Gasteiger partial charge >= 0.3 is 5.82 Å². The van der Waals surface area contributed by atoms with Crippen LogP contribution in [0.2, 0.25) is 0 Å². The van der Waals surface area contributed by atoms with E-state index in [1.807, 2.05) is 42.5 Å². The van der Waals surface area contributed by atoms with Crippen molar-refractivity contribution in [1.82, 2.24) is 9.97 Å². The van der Waals surface area contributed by atoms with Crippen molar-refractivity contribution in [2.24, 2.45) is 0 Å². The fourth-order valence-corrected chi connectivity index (χ4v) is 2.94. The van der Waals surface area contributed by atoms with E-state index in [1.165, 1.54) is 12.3 Å². The third-order valence-corrected chi connectivity index (χ3v) is 4.19. The maximum atomic E-state index is 10.5. The Morgan fingerprint density at radius 3 is 2.75 bits per heavy atom. The molecule has 0 atom stereocenters. The van der Waals surface area contributed by atoms with Crippen LogP contribution in [0.4, 0.5) is 5.82 Å². The number of nitro groups is 1. The van der Waals surface area contributed by atoms with E-state index < -0.39 is 4.92 Å². The predicted molar refractivity (Wildman–Crippen MR) is 95.1 cm³/mol. The van der Waals surface area contributed by atoms with Gasteiger partial charge in [-0.05, 0) is 40.2 Å². The lowest BCUT2D eigenvalue weighted by Crippen LogP contribution is -1.90. The minimum Gasteiger partial charge on any atom is -0.497 e. The molecule has 24 heavy (non-hydrogen) atoms. The van der Waals surface area contributed by atoms with Crippen LogP contribution in [0.3, 0.4) is 0 Å². The largest absolute Gasteiger partial charge is 0.497 e. The number of benzene rings is 1. The van der Waals surface area contributed by atoms with Crippen LogP contribution < -0.4 is 4.74 Å². The van der Waals surface area contributed by atoms with Crippen LogP contribution in [0.25, 0.3) is 22.4 Å². The molecule has 1 aromatic carbocycles. The second kappa shape index (κ2) is 7.01. The number of allylic oxidation sites excluding steroid dienone is 2. The SMILES string of the molecule is COc1ccc2nc(C=CC=Cc3ccc([N+](=O)[O-])nc3)sc2c1. The topological polar surface area (TPSA) is 78.2 Å². The van der Waals surface area contributed by atoms with Gasteiger partial charge in [-0.3, -0.25) is 0 Å². The van der Waals surface area contributed by atoms with Gasteiger partial charge in [-0.1, -0.05) is 18.2 Å². The van der Waals surface area contributed by atoms with Gasteiger partial charge in [0.2, 0.25) is 0 Å². The molecule has 6 nitrogen and oxygen atoms in total. The molecule has 3 rings (SSSR count). The number of rotatable bonds is 5. The van der Waals surface area contributed by atoms with E-state index in [2.05, 4.69) is 9.97 Å². The Kier molecular flexibility index (Phi) is 4.62. The van der Waals surface area contributed by atoms with Crippen LogP contribution in [-0.2, 0) is 0 Å². The summed E-state index contributed by atoms with van der Waals surface area (Å²) in [5.41, 5.74) is 1.73. The first-order chi connectivity index (χ1) is 11.7. The Balaban J connectivity index is 1.70. The highest BCUT2D eigenvalue weighted by atomic mass is 32.1. The Labute approximate surface area is 141 Å². The van der Waals surface area contributed by atoms with Crippen molar-refractivity contribution in [3.8, 4) is 5.75 Å². The molecule has 0 fully saturated rings. The van der Waals surface area contributed by atoms with Crippen molar-refractivity contribution < 1.29 is 9.66 Å². The van der Waals surface area contributed by atoms with Gasteiger partial charge in [-0.2, -0.15) is 0 Å². The molecule has 0 saturated heterocycles. The molecule has 0 aliphatic carbocycles. The number of hydrogen-bond donors (Lipinski definition) is 0. The highest BCUT2D eigenvalue weighted by Gasteiger charge is 2.04. The smallest absolute Gasteiger partial charge is 0.363 e. The number of pyridine rings is 1. The zero-order chi connectivity index (χ0) is 16.9. The Morgan fingerprint density at radius 1 is 1.21 bits per heavy atom. The average molecular weight is 339 g/mol. The first kappa shape index (κ1) is 15.8. The van der Waals surface area contributed by atoms with Gasteiger partial charge in [-0.15, -0.1) is 11.3 Å². The lowest BCUT2D eigenvalue weighted by molar-refractivity contribution is -0.389. The summed E-state index contributed by atoms with van der Waals surface area (Å²) in [7, 11) is 1.64. The summed E-state index contributed by atoms with van der Waals surface area (Å²) in [6, 6.07) is 8.81. The number of ether oxygens (including phenoxy) is 1. The standard InChI is InChI=1S/C17H13N3O3S/c1-23-13-7-8-14-15(10-13)24-17(19-14)5-3-2-4-12-6-9-16(18-11-12)20(21)22/h2-11H,1H3. The number of aromatic nitrogens is 2. The van der Waals surface area contributed by atoms with Gasteiger partial charge in [0.25, 0.3) is 0 Å². The quantitative estimate of drug-likeness (QED) is 0.393. The minimum absolute atomic E-state index is 0.160. The zero-order valence-corrected chi connectivity index (χ0v) is 13.6. The van der Waals surface area contributed by atoms with Crippen LogP contribution in [0.5, 0.6) is 5.75 Å². The number of thiazole rings is 1. The average Bonchev–Trinajstić information content (AvgIpc) is 3.00. The number of methoxy groups -OCH3 is 1. The number of hydrogen-bond acceptors (Lipinski definition) is 6. The lowest BCUT2D eigenvalue weighted by atomic mass is 10.2. The normalized spacial score (nSPS) is 11.5. The lowest BCUT2D eigenvalue weighted by Gasteiger charge is -1.96. The molecule has 0 aliphatic heterocycles. The fraction of sp³-hybridized carbons (Fsp3) is 0.0588. The third-order valence-electron chi connectivity index (χ3n) is 3.21. The monoisotopic (exact) mass is 339 g/mol. The summed E-state index contributed by atoms with van der Waals surface area (Å²) in [6.07, 6.45) is 8.91. The maximum Gasteiger partial charge on any atom is 0.363 e. The molecule has 7 heteroatoms. The van der Waals surface area contributed by atoms with Crippen LogP contribution >= 0.6 is 11.3 Å². The third kappa shape index (κ3) is 3.64. The highest BCUT2D eigenvalue weighted by Crippen LogP contribution is 2.26. The summed E-state index contributed by atoms with van der Waals surface area (Å²) in [5, 5.41) is 11.4. The Hall–Kier alpha value is -3.06. The van der Waals surface area contributed by atoms with Crippen LogP contribution in [0, 0.1) is 10.1 Å². The van der Waals surface area contributed by atoms with E-state index in [9.17, 15) is 10.1 Å². The molecule has 0 spiro atoms. The van der Waals surface area contributed by atoms with E-state index in [1.54, 1.807) is 24.5 Å². The van der Waals surface area contributed by atoms with Crippen molar-refractivity contribution in [2.45, 2.75) is 0 Å². The molecular weight excluding hydrogens is 326 g/mol. The zero-order valence-electron chi connectivity index (χ0n) is 12.7. The van der Waals surface area contributed by atoms with Gasteiger partial charge in [0, 0.05) is 11.6 Å². The van der Waals surface area contributed by atoms with Gasteiger partial charge < -0.3 is 14.9 Å². The molecule has 0 radical (unpaired) electrons. The molecule has 0 bridgehead atoms. The van der Waals surface area contributed by atoms with E-state index in [4.69, 9.17) is 4.74 Å². The summed E-state index contributed by atoms with van der Waals surface area (Å²) in [4.78, 5) is 18.3. The summed E-state index contributed by atoms with van der Waals surface area (Å²) in [6.45, 7) is 0. The second-order valence-corrected chi connectivity index (χ2v) is 5.87. The molecule has 0 aliphatic rings. The number of nitrogens with zero attached hydrogens (tertiary/aromatic N) is 3. The van der Waals surface area contributed by atoms with Gasteiger partial charge in [0.15, 0.2) is 0 Å². The molecule has 0 N–H and O–H groups in total. The summed E-state index contributed by atoms with van der Waals surface area (Å²) in [5.74, 6) is 0.653. The first-order valence-electron chi connectivity index (χ1n) is 7.05. The van der Waals surface area contributed by atoms with Crippen molar-refractivity contribution in [3.05, 3.63) is 69.4 Å². The molecule has 0 amide bonds. The fourth-order valence-electron chi connectivity index (χ4n) is 2.03. The number of fused-ring (bicyclic) bond motifs is 1. The highest BCUT2D eigenvalue weighted by molar-refractivity contribution is 7.19. The van der Waals surface area contributed by atoms with E-state index in [-0.39, 0.29) is 5.82 Å². The molecule has 0 unspecified atom stereocenters. The van der Waals surface area contributed by atoms with Crippen molar-refractivity contribution in [2.75, 3.05) is 7.11 Å². The Morgan fingerprint density at radius 2 is 2.04 bits per heavy atom. The van der Waals surface area contributed by atoms with Gasteiger partial charge in [0.1, 0.15) is 17.0 Å². The molecule has 3 aromatic rings. The molecular formula is C17H13N3O3S. The van der Waals surface area contributed by atoms with Crippen LogP contribution in [0.1, 0.15) is 10.6 Å². The van der Waals surface area contributed by atoms with E-state index >= 15 is 0 Å². The minimum atomic E-state index is -0.518. The molecule has 2 aromatic heterocycles. The molecule has 0 saturated carbocycles. The van der Waals surface area contributed by atoms with Crippen LogP contribution in [0.15, 0.2) is 48.7 Å². The van der Waals surface area contributed by atoms with E-state index in [0.29, 0.717) is 0 Å². The second-order valence-electron chi connectivity index (χ2n) is 4.81.